The smallest absolute Gasteiger partial charge is 0.139 e. The average Bonchev–Trinajstić information content (AvgIpc) is 1.99. The molecule has 0 aromatic heterocycles. The zero-order chi connectivity index (χ0) is 10.1. The number of allylic oxidation sites excluding steroid dienone is 1. The molecule has 74 valence electrons. The maximum atomic E-state index is 11.8. The van der Waals surface area contributed by atoms with E-state index in [2.05, 4.69) is 20.4 Å². The van der Waals surface area contributed by atoms with Gasteiger partial charge in [-0.2, -0.15) is 0 Å². The van der Waals surface area contributed by atoms with Gasteiger partial charge in [-0.15, -0.1) is 6.58 Å². The second-order valence-electron chi connectivity index (χ2n) is 4.77. The molecule has 2 atom stereocenters. The van der Waals surface area contributed by atoms with Crippen LogP contribution in [0.25, 0.3) is 0 Å². The van der Waals surface area contributed by atoms with Crippen LogP contribution < -0.4 is 0 Å². The first kappa shape index (κ1) is 10.5. The molecule has 0 heterocycles. The van der Waals surface area contributed by atoms with E-state index in [0.29, 0.717) is 11.7 Å². The van der Waals surface area contributed by atoms with Crippen molar-refractivity contribution in [2.24, 2.45) is 11.3 Å². The summed E-state index contributed by atoms with van der Waals surface area (Å²) in [6.07, 6.45) is 3.91. The van der Waals surface area contributed by atoms with Gasteiger partial charge < -0.3 is 0 Å². The molecular weight excluding hydrogens is 160 g/mol. The molecule has 0 saturated heterocycles. The van der Waals surface area contributed by atoms with Gasteiger partial charge in [0.1, 0.15) is 5.78 Å². The van der Waals surface area contributed by atoms with E-state index in [-0.39, 0.29) is 5.41 Å². The lowest BCUT2D eigenvalue weighted by atomic mass is 9.65. The first-order valence-electron chi connectivity index (χ1n) is 5.14. The summed E-state index contributed by atoms with van der Waals surface area (Å²) in [7, 11) is 0. The van der Waals surface area contributed by atoms with E-state index in [9.17, 15) is 4.79 Å². The maximum absolute atomic E-state index is 11.8. The second-order valence-corrected chi connectivity index (χ2v) is 4.77. The summed E-state index contributed by atoms with van der Waals surface area (Å²) >= 11 is 0. The van der Waals surface area contributed by atoms with Crippen molar-refractivity contribution in [2.45, 2.75) is 46.5 Å². The van der Waals surface area contributed by atoms with Gasteiger partial charge >= 0.3 is 0 Å². The minimum Gasteiger partial charge on any atom is -0.299 e. The Labute approximate surface area is 81.2 Å². The van der Waals surface area contributed by atoms with Gasteiger partial charge in [0.2, 0.25) is 0 Å². The minimum absolute atomic E-state index is 0.121. The number of hydrogen-bond acceptors (Lipinski definition) is 1. The SMILES string of the molecule is C=C(C)CC1(C)C(=O)CCCC1C. The zero-order valence-electron chi connectivity index (χ0n) is 9.02. The van der Waals surface area contributed by atoms with E-state index in [4.69, 9.17) is 0 Å². The number of rotatable bonds is 2. The lowest BCUT2D eigenvalue weighted by Gasteiger charge is -2.38. The largest absolute Gasteiger partial charge is 0.299 e. The van der Waals surface area contributed by atoms with Gasteiger partial charge in [-0.25, -0.2) is 0 Å². The van der Waals surface area contributed by atoms with Crippen LogP contribution in [0.3, 0.4) is 0 Å². The fraction of sp³-hybridized carbons (Fsp3) is 0.750. The standard InChI is InChI=1S/C12H20O/c1-9(2)8-12(4)10(3)6-5-7-11(12)13/h10H,1,5-8H2,2-4H3. The normalized spacial score (nSPS) is 34.7. The number of carbonyl (C=O) groups is 1. The van der Waals surface area contributed by atoms with Gasteiger partial charge in [-0.3, -0.25) is 4.79 Å². The number of carbonyl (C=O) groups excluding carboxylic acids is 1. The van der Waals surface area contributed by atoms with Crippen molar-refractivity contribution in [1.82, 2.24) is 0 Å². The predicted octanol–water partition coefficient (Wildman–Crippen LogP) is 3.35. The van der Waals surface area contributed by atoms with Crippen LogP contribution in [0.2, 0.25) is 0 Å². The van der Waals surface area contributed by atoms with Crippen LogP contribution in [0.1, 0.15) is 46.5 Å². The molecule has 0 aliphatic heterocycles. The molecule has 0 radical (unpaired) electrons. The monoisotopic (exact) mass is 180 g/mol. The Kier molecular flexibility index (Phi) is 2.94. The van der Waals surface area contributed by atoms with Crippen LogP contribution in [0.4, 0.5) is 0 Å². The fourth-order valence-corrected chi connectivity index (χ4v) is 2.35. The lowest BCUT2D eigenvalue weighted by Crippen LogP contribution is -2.38. The maximum Gasteiger partial charge on any atom is 0.139 e. The van der Waals surface area contributed by atoms with Crippen LogP contribution >= 0.6 is 0 Å². The molecule has 1 nitrogen and oxygen atoms in total. The number of ketones is 1. The number of hydrogen-bond donors (Lipinski definition) is 0. The number of Topliss-reactive ketones (excluding diaryl/α,β-unsaturated/α-hetero) is 1. The molecule has 0 aromatic rings. The first-order valence-corrected chi connectivity index (χ1v) is 5.14. The van der Waals surface area contributed by atoms with Gasteiger partial charge in [0.15, 0.2) is 0 Å². The third kappa shape index (κ3) is 2.01. The van der Waals surface area contributed by atoms with Crippen molar-refractivity contribution in [1.29, 1.82) is 0 Å². The molecule has 0 amide bonds. The highest BCUT2D eigenvalue weighted by molar-refractivity contribution is 5.85. The fourth-order valence-electron chi connectivity index (χ4n) is 2.35. The Bertz CT molecular complexity index is 229. The van der Waals surface area contributed by atoms with Gasteiger partial charge in [0.05, 0.1) is 0 Å². The molecule has 1 heteroatoms. The van der Waals surface area contributed by atoms with Gasteiger partial charge in [-0.05, 0) is 32.1 Å². The summed E-state index contributed by atoms with van der Waals surface area (Å²) in [6.45, 7) is 10.2. The Morgan fingerprint density at radius 1 is 1.69 bits per heavy atom. The predicted molar refractivity (Wildman–Crippen MR) is 55.6 cm³/mol. The zero-order valence-corrected chi connectivity index (χ0v) is 9.02. The Balaban J connectivity index is 2.81. The van der Waals surface area contributed by atoms with Crippen LogP contribution in [-0.4, -0.2) is 5.78 Å². The highest BCUT2D eigenvalue weighted by atomic mass is 16.1. The topological polar surface area (TPSA) is 17.1 Å². The summed E-state index contributed by atoms with van der Waals surface area (Å²) in [6, 6.07) is 0. The molecule has 1 fully saturated rings. The summed E-state index contributed by atoms with van der Waals surface area (Å²) in [5.74, 6) is 0.958. The molecule has 1 aliphatic rings. The van der Waals surface area contributed by atoms with Gasteiger partial charge in [0.25, 0.3) is 0 Å². The van der Waals surface area contributed by atoms with E-state index in [0.717, 1.165) is 24.8 Å². The Hall–Kier alpha value is -0.590. The summed E-state index contributed by atoms with van der Waals surface area (Å²) in [5, 5.41) is 0. The molecule has 0 N–H and O–H groups in total. The highest BCUT2D eigenvalue weighted by Gasteiger charge is 2.40. The molecular formula is C12H20O. The van der Waals surface area contributed by atoms with Crippen LogP contribution in [-0.2, 0) is 4.79 Å². The molecule has 0 spiro atoms. The second kappa shape index (κ2) is 3.65. The molecule has 13 heavy (non-hydrogen) atoms. The van der Waals surface area contributed by atoms with Crippen molar-refractivity contribution in [3.8, 4) is 0 Å². The molecule has 0 bridgehead atoms. The van der Waals surface area contributed by atoms with Crippen LogP contribution in [0.15, 0.2) is 12.2 Å². The van der Waals surface area contributed by atoms with E-state index in [1.807, 2.05) is 6.92 Å². The van der Waals surface area contributed by atoms with E-state index in [1.54, 1.807) is 0 Å². The third-order valence-electron chi connectivity index (χ3n) is 3.43. The molecule has 2 unspecified atom stereocenters. The van der Waals surface area contributed by atoms with Crippen molar-refractivity contribution in [3.63, 3.8) is 0 Å². The molecule has 0 aromatic carbocycles. The third-order valence-corrected chi connectivity index (χ3v) is 3.43. The van der Waals surface area contributed by atoms with E-state index < -0.39 is 0 Å². The van der Waals surface area contributed by atoms with Crippen LogP contribution in [0, 0.1) is 11.3 Å². The van der Waals surface area contributed by atoms with Crippen molar-refractivity contribution in [3.05, 3.63) is 12.2 Å². The van der Waals surface area contributed by atoms with Crippen LogP contribution in [0.5, 0.6) is 0 Å². The molecule has 1 aliphatic carbocycles. The van der Waals surface area contributed by atoms with Crippen molar-refractivity contribution in [2.75, 3.05) is 0 Å². The molecule has 1 saturated carbocycles. The average molecular weight is 180 g/mol. The first-order chi connectivity index (χ1) is 5.97. The quantitative estimate of drug-likeness (QED) is 0.596. The Morgan fingerprint density at radius 2 is 2.31 bits per heavy atom. The minimum atomic E-state index is -0.121. The molecule has 1 rings (SSSR count). The van der Waals surface area contributed by atoms with E-state index in [1.165, 1.54) is 6.42 Å². The summed E-state index contributed by atoms with van der Waals surface area (Å²) in [4.78, 5) is 11.8. The lowest BCUT2D eigenvalue weighted by molar-refractivity contribution is -0.133. The van der Waals surface area contributed by atoms with Gasteiger partial charge in [-0.1, -0.05) is 19.4 Å². The van der Waals surface area contributed by atoms with E-state index >= 15 is 0 Å². The summed E-state index contributed by atoms with van der Waals surface area (Å²) < 4.78 is 0. The van der Waals surface area contributed by atoms with Crippen molar-refractivity contribution >= 4 is 5.78 Å². The Morgan fingerprint density at radius 3 is 2.77 bits per heavy atom. The van der Waals surface area contributed by atoms with Gasteiger partial charge in [0, 0.05) is 11.8 Å². The summed E-state index contributed by atoms with van der Waals surface area (Å²) in [5.41, 5.74) is 1.01. The highest BCUT2D eigenvalue weighted by Crippen LogP contribution is 2.42. The van der Waals surface area contributed by atoms with Crippen molar-refractivity contribution < 1.29 is 4.79 Å².